The number of carbonyl (C=O) groups excluding carboxylic acids is 1. The SMILES string of the molecule is CCOCCCNC(=O)NCc1cccc(-n2cccn2)c1. The minimum absolute atomic E-state index is 0.166. The Labute approximate surface area is 130 Å². The maximum atomic E-state index is 11.7. The molecule has 1 heterocycles. The zero-order valence-electron chi connectivity index (χ0n) is 12.8. The van der Waals surface area contributed by atoms with E-state index in [-0.39, 0.29) is 6.03 Å². The summed E-state index contributed by atoms with van der Waals surface area (Å²) in [6.07, 6.45) is 4.44. The number of amides is 2. The van der Waals surface area contributed by atoms with Gasteiger partial charge in [-0.15, -0.1) is 0 Å². The number of rotatable bonds is 8. The van der Waals surface area contributed by atoms with Crippen LogP contribution in [0.1, 0.15) is 18.9 Å². The van der Waals surface area contributed by atoms with E-state index in [0.29, 0.717) is 26.3 Å². The van der Waals surface area contributed by atoms with E-state index >= 15 is 0 Å². The van der Waals surface area contributed by atoms with E-state index in [4.69, 9.17) is 4.74 Å². The highest BCUT2D eigenvalue weighted by atomic mass is 16.5. The van der Waals surface area contributed by atoms with Gasteiger partial charge in [-0.05, 0) is 37.1 Å². The summed E-state index contributed by atoms with van der Waals surface area (Å²) in [4.78, 5) is 11.7. The first-order valence-electron chi connectivity index (χ1n) is 7.48. The second-order valence-corrected chi connectivity index (χ2v) is 4.78. The molecule has 0 fully saturated rings. The number of carbonyl (C=O) groups is 1. The van der Waals surface area contributed by atoms with Crippen molar-refractivity contribution in [3.63, 3.8) is 0 Å². The highest BCUT2D eigenvalue weighted by Gasteiger charge is 2.02. The van der Waals surface area contributed by atoms with Crippen LogP contribution < -0.4 is 10.6 Å². The van der Waals surface area contributed by atoms with Crippen LogP contribution in [0.4, 0.5) is 4.79 Å². The molecule has 2 N–H and O–H groups in total. The number of benzene rings is 1. The zero-order chi connectivity index (χ0) is 15.6. The third-order valence-electron chi connectivity index (χ3n) is 3.09. The van der Waals surface area contributed by atoms with Gasteiger partial charge in [0.2, 0.25) is 0 Å². The van der Waals surface area contributed by atoms with Gasteiger partial charge in [0.25, 0.3) is 0 Å². The molecule has 22 heavy (non-hydrogen) atoms. The van der Waals surface area contributed by atoms with E-state index in [1.165, 1.54) is 0 Å². The fourth-order valence-electron chi connectivity index (χ4n) is 2.00. The third kappa shape index (κ3) is 5.21. The Morgan fingerprint density at radius 1 is 1.32 bits per heavy atom. The van der Waals surface area contributed by atoms with Crippen molar-refractivity contribution < 1.29 is 9.53 Å². The molecule has 2 aromatic rings. The lowest BCUT2D eigenvalue weighted by Crippen LogP contribution is -2.35. The van der Waals surface area contributed by atoms with Gasteiger partial charge < -0.3 is 15.4 Å². The van der Waals surface area contributed by atoms with Crippen molar-refractivity contribution in [2.75, 3.05) is 19.8 Å². The van der Waals surface area contributed by atoms with E-state index in [0.717, 1.165) is 17.7 Å². The van der Waals surface area contributed by atoms with Crippen molar-refractivity contribution in [1.82, 2.24) is 20.4 Å². The molecule has 118 valence electrons. The molecule has 0 aliphatic carbocycles. The Hall–Kier alpha value is -2.34. The molecular weight excluding hydrogens is 280 g/mol. The zero-order valence-corrected chi connectivity index (χ0v) is 12.8. The number of nitrogens with one attached hydrogen (secondary N) is 2. The third-order valence-corrected chi connectivity index (χ3v) is 3.09. The molecule has 2 rings (SSSR count). The smallest absolute Gasteiger partial charge is 0.315 e. The van der Waals surface area contributed by atoms with Gasteiger partial charge in [0.1, 0.15) is 0 Å². The maximum Gasteiger partial charge on any atom is 0.315 e. The number of hydrogen-bond donors (Lipinski definition) is 2. The summed E-state index contributed by atoms with van der Waals surface area (Å²) in [5, 5.41) is 9.84. The Morgan fingerprint density at radius 3 is 3.00 bits per heavy atom. The number of ether oxygens (including phenoxy) is 1. The molecule has 0 radical (unpaired) electrons. The molecule has 0 saturated heterocycles. The molecule has 1 aromatic heterocycles. The topological polar surface area (TPSA) is 68.2 Å². The number of urea groups is 1. The lowest BCUT2D eigenvalue weighted by molar-refractivity contribution is 0.145. The van der Waals surface area contributed by atoms with Crippen LogP contribution in [-0.4, -0.2) is 35.6 Å². The quantitative estimate of drug-likeness (QED) is 0.734. The summed E-state index contributed by atoms with van der Waals surface area (Å²) in [5.41, 5.74) is 2.00. The average Bonchev–Trinajstić information content (AvgIpc) is 3.07. The van der Waals surface area contributed by atoms with Gasteiger partial charge in [-0.2, -0.15) is 5.10 Å². The first-order valence-corrected chi connectivity index (χ1v) is 7.48. The Morgan fingerprint density at radius 2 is 2.23 bits per heavy atom. The van der Waals surface area contributed by atoms with E-state index in [9.17, 15) is 4.79 Å². The van der Waals surface area contributed by atoms with E-state index in [1.54, 1.807) is 10.9 Å². The molecule has 6 heteroatoms. The molecule has 2 amide bonds. The molecule has 0 bridgehead atoms. The Kier molecular flexibility index (Phi) is 6.44. The summed E-state index contributed by atoms with van der Waals surface area (Å²) in [5.74, 6) is 0. The minimum atomic E-state index is -0.166. The monoisotopic (exact) mass is 302 g/mol. The predicted octanol–water partition coefficient (Wildman–Crippen LogP) is 2.10. The second-order valence-electron chi connectivity index (χ2n) is 4.78. The van der Waals surface area contributed by atoms with Gasteiger partial charge in [0.15, 0.2) is 0 Å². The van der Waals surface area contributed by atoms with Crippen LogP contribution in [0.3, 0.4) is 0 Å². The van der Waals surface area contributed by atoms with E-state index < -0.39 is 0 Å². The molecule has 1 aromatic carbocycles. The van der Waals surface area contributed by atoms with Gasteiger partial charge >= 0.3 is 6.03 Å². The molecule has 0 spiro atoms. The summed E-state index contributed by atoms with van der Waals surface area (Å²) in [6, 6.07) is 9.62. The summed E-state index contributed by atoms with van der Waals surface area (Å²) in [7, 11) is 0. The predicted molar refractivity (Wildman–Crippen MR) is 84.9 cm³/mol. The highest BCUT2D eigenvalue weighted by molar-refractivity contribution is 5.73. The van der Waals surface area contributed by atoms with Crippen LogP contribution in [0.2, 0.25) is 0 Å². The molecule has 0 unspecified atom stereocenters. The average molecular weight is 302 g/mol. The highest BCUT2D eigenvalue weighted by Crippen LogP contribution is 2.09. The van der Waals surface area contributed by atoms with Crippen molar-refractivity contribution in [2.45, 2.75) is 19.9 Å². The van der Waals surface area contributed by atoms with Gasteiger partial charge in [0, 0.05) is 38.7 Å². The van der Waals surface area contributed by atoms with Gasteiger partial charge in [-0.3, -0.25) is 0 Å². The summed E-state index contributed by atoms with van der Waals surface area (Å²) >= 11 is 0. The first kappa shape index (κ1) is 16.0. The van der Waals surface area contributed by atoms with Crippen LogP contribution in [0, 0.1) is 0 Å². The van der Waals surface area contributed by atoms with Gasteiger partial charge in [-0.25, -0.2) is 9.48 Å². The number of hydrogen-bond acceptors (Lipinski definition) is 3. The Bertz CT molecular complexity index is 569. The molecule has 0 atom stereocenters. The van der Waals surface area contributed by atoms with E-state index in [1.807, 2.05) is 43.5 Å². The fraction of sp³-hybridized carbons (Fsp3) is 0.375. The first-order chi connectivity index (χ1) is 10.8. The lowest BCUT2D eigenvalue weighted by atomic mass is 10.2. The maximum absolute atomic E-state index is 11.7. The molecular formula is C16H22N4O2. The minimum Gasteiger partial charge on any atom is -0.382 e. The van der Waals surface area contributed by atoms with E-state index in [2.05, 4.69) is 15.7 Å². The van der Waals surface area contributed by atoms with Gasteiger partial charge in [-0.1, -0.05) is 12.1 Å². The fourth-order valence-corrected chi connectivity index (χ4v) is 2.00. The van der Waals surface area contributed by atoms with Crippen molar-refractivity contribution in [3.8, 4) is 5.69 Å². The van der Waals surface area contributed by atoms with Crippen LogP contribution in [0.5, 0.6) is 0 Å². The van der Waals surface area contributed by atoms with Crippen LogP contribution in [0.15, 0.2) is 42.7 Å². The number of nitrogens with zero attached hydrogens (tertiary/aromatic N) is 2. The standard InChI is InChI=1S/C16H22N4O2/c1-2-22-11-5-8-17-16(21)18-13-14-6-3-7-15(12-14)20-10-4-9-19-20/h3-4,6-7,9-10,12H,2,5,8,11,13H2,1H3,(H2,17,18,21). The van der Waals surface area contributed by atoms with Crippen LogP contribution in [-0.2, 0) is 11.3 Å². The van der Waals surface area contributed by atoms with Crippen molar-refractivity contribution in [2.24, 2.45) is 0 Å². The van der Waals surface area contributed by atoms with Crippen molar-refractivity contribution in [1.29, 1.82) is 0 Å². The van der Waals surface area contributed by atoms with Crippen LogP contribution in [0.25, 0.3) is 5.69 Å². The normalized spacial score (nSPS) is 10.4. The molecule has 0 saturated carbocycles. The van der Waals surface area contributed by atoms with Gasteiger partial charge in [0.05, 0.1) is 5.69 Å². The Balaban J connectivity index is 1.75. The largest absolute Gasteiger partial charge is 0.382 e. The second kappa shape index (κ2) is 8.84. The summed E-state index contributed by atoms with van der Waals surface area (Å²) in [6.45, 7) is 4.42. The molecule has 6 nitrogen and oxygen atoms in total. The molecule has 0 aliphatic rings. The number of aromatic nitrogens is 2. The van der Waals surface area contributed by atoms with Crippen molar-refractivity contribution >= 4 is 6.03 Å². The lowest BCUT2D eigenvalue weighted by Gasteiger charge is -2.09. The van der Waals surface area contributed by atoms with Crippen molar-refractivity contribution in [3.05, 3.63) is 48.3 Å². The van der Waals surface area contributed by atoms with Crippen LogP contribution >= 0.6 is 0 Å². The molecule has 0 aliphatic heterocycles. The summed E-state index contributed by atoms with van der Waals surface area (Å²) < 4.78 is 7.00.